The second-order valence-corrected chi connectivity index (χ2v) is 8.09. The monoisotopic (exact) mass is 476 g/mol. The zero-order valence-corrected chi connectivity index (χ0v) is 19.1. The summed E-state index contributed by atoms with van der Waals surface area (Å²) < 4.78 is 0. The molecule has 0 spiro atoms. The first-order valence-corrected chi connectivity index (χ1v) is 10.2. The van der Waals surface area contributed by atoms with E-state index in [-0.39, 0.29) is 24.0 Å². The van der Waals surface area contributed by atoms with Crippen molar-refractivity contribution < 1.29 is 0 Å². The Morgan fingerprint density at radius 3 is 2.84 bits per heavy atom. The van der Waals surface area contributed by atoms with Gasteiger partial charge in [-0.25, -0.2) is 0 Å². The van der Waals surface area contributed by atoms with Crippen LogP contribution in [0.2, 0.25) is 0 Å². The van der Waals surface area contributed by atoms with Gasteiger partial charge in [-0.15, -0.1) is 24.0 Å². The highest BCUT2D eigenvalue weighted by molar-refractivity contribution is 14.0. The number of halogens is 1. The van der Waals surface area contributed by atoms with Crippen LogP contribution in [0.15, 0.2) is 29.5 Å². The quantitative estimate of drug-likeness (QED) is 0.379. The van der Waals surface area contributed by atoms with E-state index in [1.165, 1.54) is 17.7 Å². The van der Waals surface area contributed by atoms with Crippen LogP contribution in [0.1, 0.15) is 45.6 Å². The summed E-state index contributed by atoms with van der Waals surface area (Å²) in [6.45, 7) is 12.9. The van der Waals surface area contributed by atoms with Gasteiger partial charge in [-0.2, -0.15) is 11.8 Å². The molecule has 1 fully saturated rings. The third-order valence-electron chi connectivity index (χ3n) is 4.58. The predicted octanol–water partition coefficient (Wildman–Crippen LogP) is 4.23. The van der Waals surface area contributed by atoms with Crippen LogP contribution >= 0.6 is 35.7 Å². The molecule has 0 saturated carbocycles. The molecule has 0 amide bonds. The first-order chi connectivity index (χ1) is 11.7. The maximum Gasteiger partial charge on any atom is 0.193 e. The van der Waals surface area contributed by atoms with E-state index >= 15 is 0 Å². The molecule has 0 aromatic carbocycles. The lowest BCUT2D eigenvalue weighted by molar-refractivity contribution is 0.405. The number of nitrogens with zero attached hydrogens (tertiary/aromatic N) is 3. The molecule has 1 N–H and O–H groups in total. The van der Waals surface area contributed by atoms with E-state index in [1.54, 1.807) is 0 Å². The van der Waals surface area contributed by atoms with Crippen LogP contribution in [0.3, 0.4) is 0 Å². The van der Waals surface area contributed by atoms with Gasteiger partial charge in [0.15, 0.2) is 5.96 Å². The number of aliphatic imine (C=N–C) groups is 1. The molecule has 4 nitrogen and oxygen atoms in total. The largest absolute Gasteiger partial charge is 0.357 e. The molecule has 0 radical (unpaired) electrons. The maximum atomic E-state index is 5.00. The van der Waals surface area contributed by atoms with Crippen LogP contribution in [0, 0.1) is 5.92 Å². The zero-order chi connectivity index (χ0) is 17.4. The first-order valence-electron chi connectivity index (χ1n) is 9.20. The molecule has 2 rings (SSSR count). The van der Waals surface area contributed by atoms with E-state index in [2.05, 4.69) is 60.7 Å². The molecular formula is C19H33IN4S. The van der Waals surface area contributed by atoms with Crippen molar-refractivity contribution >= 4 is 41.7 Å². The molecule has 0 aliphatic carbocycles. The van der Waals surface area contributed by atoms with Gasteiger partial charge in [0.05, 0.1) is 0 Å². The summed E-state index contributed by atoms with van der Waals surface area (Å²) >= 11 is 2.10. The maximum absolute atomic E-state index is 5.00. The average Bonchev–Trinajstić information content (AvgIpc) is 2.61. The molecule has 2 heterocycles. The fourth-order valence-corrected chi connectivity index (χ4v) is 4.25. The van der Waals surface area contributed by atoms with Crippen LogP contribution in [-0.2, 0) is 0 Å². The van der Waals surface area contributed by atoms with Crippen molar-refractivity contribution in [2.24, 2.45) is 10.9 Å². The van der Waals surface area contributed by atoms with Crippen molar-refractivity contribution in [1.29, 1.82) is 0 Å². The molecule has 2 unspecified atom stereocenters. The lowest BCUT2D eigenvalue weighted by Crippen LogP contribution is -2.48. The first kappa shape index (κ1) is 22.5. The lowest BCUT2D eigenvalue weighted by Gasteiger charge is -2.34. The van der Waals surface area contributed by atoms with Crippen molar-refractivity contribution in [3.05, 3.63) is 30.1 Å². The summed E-state index contributed by atoms with van der Waals surface area (Å²) in [7, 11) is 0. The molecule has 1 aromatic heterocycles. The number of rotatable bonds is 6. The van der Waals surface area contributed by atoms with E-state index in [1.807, 2.05) is 18.5 Å². The van der Waals surface area contributed by atoms with Gasteiger partial charge >= 0.3 is 0 Å². The van der Waals surface area contributed by atoms with Crippen LogP contribution in [-0.4, -0.2) is 53.0 Å². The van der Waals surface area contributed by atoms with Crippen LogP contribution < -0.4 is 5.32 Å². The van der Waals surface area contributed by atoms with Gasteiger partial charge in [0.25, 0.3) is 0 Å². The van der Waals surface area contributed by atoms with Gasteiger partial charge in [0.2, 0.25) is 0 Å². The van der Waals surface area contributed by atoms with Gasteiger partial charge < -0.3 is 10.2 Å². The number of hydrogen-bond donors (Lipinski definition) is 1. The Kier molecular flexibility index (Phi) is 10.8. The lowest BCUT2D eigenvalue weighted by atomic mass is 9.89. The van der Waals surface area contributed by atoms with Crippen LogP contribution in [0.5, 0.6) is 0 Å². The Morgan fingerprint density at radius 2 is 2.24 bits per heavy atom. The molecule has 1 aromatic rings. The van der Waals surface area contributed by atoms with Gasteiger partial charge in [-0.3, -0.25) is 9.98 Å². The molecule has 1 aliphatic heterocycles. The number of hydrogen-bond acceptors (Lipinski definition) is 3. The van der Waals surface area contributed by atoms with Crippen molar-refractivity contribution in [2.75, 3.05) is 31.9 Å². The minimum Gasteiger partial charge on any atom is -0.357 e. The molecule has 1 saturated heterocycles. The van der Waals surface area contributed by atoms with Gasteiger partial charge in [-0.05, 0) is 30.9 Å². The highest BCUT2D eigenvalue weighted by atomic mass is 127. The van der Waals surface area contributed by atoms with Gasteiger partial charge in [-0.1, -0.05) is 26.8 Å². The van der Waals surface area contributed by atoms with E-state index < -0.39 is 0 Å². The Morgan fingerprint density at radius 1 is 1.44 bits per heavy atom. The Bertz CT molecular complexity index is 509. The number of guanidine groups is 1. The van der Waals surface area contributed by atoms with Crippen molar-refractivity contribution in [2.45, 2.75) is 45.3 Å². The smallest absolute Gasteiger partial charge is 0.193 e. The molecule has 0 bridgehead atoms. The molecular weight excluding hydrogens is 443 g/mol. The Hall–Kier alpha value is -0.500. The minimum absolute atomic E-state index is 0. The average molecular weight is 476 g/mol. The van der Waals surface area contributed by atoms with Crippen molar-refractivity contribution in [3.8, 4) is 0 Å². The topological polar surface area (TPSA) is 40.5 Å². The Balaban J connectivity index is 0.00000312. The molecule has 142 valence electrons. The highest BCUT2D eigenvalue weighted by Crippen LogP contribution is 2.25. The van der Waals surface area contributed by atoms with E-state index in [0.717, 1.165) is 37.4 Å². The van der Waals surface area contributed by atoms with E-state index in [4.69, 9.17) is 4.99 Å². The summed E-state index contributed by atoms with van der Waals surface area (Å²) in [6.07, 6.45) is 5.05. The zero-order valence-electron chi connectivity index (χ0n) is 15.9. The molecule has 1 aliphatic rings. The second kappa shape index (κ2) is 12.0. The molecule has 2 atom stereocenters. The van der Waals surface area contributed by atoms with Gasteiger partial charge in [0, 0.05) is 55.5 Å². The summed E-state index contributed by atoms with van der Waals surface area (Å²) in [5.41, 5.74) is 1.28. The molecule has 6 heteroatoms. The number of aromatic nitrogens is 1. The number of nitrogens with one attached hydrogen (secondary N) is 1. The minimum atomic E-state index is 0. The Labute approximate surface area is 174 Å². The summed E-state index contributed by atoms with van der Waals surface area (Å²) in [5.74, 6) is 3.22. The van der Waals surface area contributed by atoms with Crippen LogP contribution in [0.25, 0.3) is 0 Å². The van der Waals surface area contributed by atoms with Crippen molar-refractivity contribution in [1.82, 2.24) is 15.2 Å². The predicted molar refractivity (Wildman–Crippen MR) is 121 cm³/mol. The van der Waals surface area contributed by atoms with Crippen molar-refractivity contribution in [3.63, 3.8) is 0 Å². The summed E-state index contributed by atoms with van der Waals surface area (Å²) in [4.78, 5) is 11.7. The third-order valence-corrected chi connectivity index (χ3v) is 5.96. The summed E-state index contributed by atoms with van der Waals surface area (Å²) in [5, 5.41) is 4.22. The fraction of sp³-hybridized carbons (Fsp3) is 0.684. The van der Waals surface area contributed by atoms with Crippen LogP contribution in [0.4, 0.5) is 0 Å². The second-order valence-electron chi connectivity index (χ2n) is 6.68. The number of pyridine rings is 1. The van der Waals surface area contributed by atoms with E-state index in [0.29, 0.717) is 11.8 Å². The van der Waals surface area contributed by atoms with E-state index in [9.17, 15) is 0 Å². The van der Waals surface area contributed by atoms with Gasteiger partial charge in [0.1, 0.15) is 0 Å². The normalized spacial score (nSPS) is 19.5. The standard InChI is InChI=1S/C19H32N4S.HI/c1-5-17-14-23(10-11-24-17)19(21-6-2)22-13-18(15(3)4)16-8-7-9-20-12-16;/h7-9,12,15,17-18H,5-6,10-11,13-14H2,1-4H3,(H,21,22);1H. The highest BCUT2D eigenvalue weighted by Gasteiger charge is 2.22. The molecule has 25 heavy (non-hydrogen) atoms. The fourth-order valence-electron chi connectivity index (χ4n) is 3.07. The third kappa shape index (κ3) is 6.96. The number of thioether (sulfide) groups is 1. The SMILES string of the molecule is CCNC(=NCC(c1cccnc1)C(C)C)N1CCSC(CC)C1.I. The summed E-state index contributed by atoms with van der Waals surface area (Å²) in [6, 6.07) is 4.19.